The van der Waals surface area contributed by atoms with Crippen LogP contribution in [0.5, 0.6) is 0 Å². The lowest BCUT2D eigenvalue weighted by atomic mass is 10.3. The van der Waals surface area contributed by atoms with E-state index in [-0.39, 0.29) is 38.9 Å². The number of phosphoric acid groups is 1. The number of hydrogen-bond donors (Lipinski definition) is 2. The number of amides is 3. The van der Waals surface area contributed by atoms with Gasteiger partial charge in [0.15, 0.2) is 0 Å². The molecule has 12 heteroatoms. The Labute approximate surface area is 155 Å². The number of nitrogens with zero attached hydrogens (tertiary/aromatic N) is 3. The minimum Gasteiger partial charge on any atom is -0.307 e. The largest absolute Gasteiger partial charge is 0.469 e. The van der Waals surface area contributed by atoms with Crippen LogP contribution in [-0.4, -0.2) is 80.3 Å². The Morgan fingerprint density at radius 2 is 1.50 bits per heavy atom. The summed E-state index contributed by atoms with van der Waals surface area (Å²) < 4.78 is 14.8. The molecule has 0 atom stereocenters. The molecule has 1 aliphatic heterocycles. The molecule has 0 aliphatic carbocycles. The number of hydrogen-bond acceptors (Lipinski definition) is 6. The summed E-state index contributed by atoms with van der Waals surface area (Å²) in [6, 6.07) is 0. The van der Waals surface area contributed by atoms with E-state index in [1.807, 2.05) is 0 Å². The van der Waals surface area contributed by atoms with E-state index in [0.717, 1.165) is 12.2 Å². The third-order valence-corrected chi connectivity index (χ3v) is 4.76. The fourth-order valence-corrected chi connectivity index (χ4v) is 3.26. The van der Waals surface area contributed by atoms with Crippen LogP contribution in [0.2, 0.25) is 0 Å². The Kier molecular flexibility index (Phi) is 9.03. The van der Waals surface area contributed by atoms with Crippen molar-refractivity contribution < 1.29 is 33.3 Å². The first-order valence-electron chi connectivity index (χ1n) is 7.56. The molecule has 0 unspecified atom stereocenters. The van der Waals surface area contributed by atoms with E-state index in [2.05, 4.69) is 17.7 Å². The molecule has 0 spiro atoms. The second-order valence-corrected chi connectivity index (χ2v) is 7.67. The average Bonchev–Trinajstić information content (AvgIpc) is 2.61. The highest BCUT2D eigenvalue weighted by atomic mass is 32.2. The van der Waals surface area contributed by atoms with Gasteiger partial charge >= 0.3 is 7.82 Å². The minimum atomic E-state index is -4.47. The maximum absolute atomic E-state index is 12.3. The van der Waals surface area contributed by atoms with Gasteiger partial charge in [-0.2, -0.15) is 11.8 Å². The van der Waals surface area contributed by atoms with E-state index < -0.39 is 19.6 Å². The van der Waals surface area contributed by atoms with Crippen molar-refractivity contribution >= 4 is 37.3 Å². The molecule has 1 aliphatic rings. The molecule has 0 aromatic rings. The molecule has 1 fully saturated rings. The fraction of sp³-hybridized carbons (Fsp3) is 0.500. The normalized spacial score (nSPS) is 14.9. The van der Waals surface area contributed by atoms with Crippen LogP contribution in [0.4, 0.5) is 0 Å². The molecule has 0 bridgehead atoms. The summed E-state index contributed by atoms with van der Waals surface area (Å²) in [6.07, 6.45) is 2.37. The molecule has 0 saturated carbocycles. The summed E-state index contributed by atoms with van der Waals surface area (Å²) >= 11 is 1.30. The Bertz CT molecular complexity index is 581. The zero-order valence-corrected chi connectivity index (χ0v) is 15.9. The molecular weight excluding hydrogens is 385 g/mol. The Hall–Kier alpha value is -1.65. The molecule has 0 aromatic heterocycles. The Balaban J connectivity index is 2.50. The van der Waals surface area contributed by atoms with Crippen LogP contribution in [0.25, 0.3) is 0 Å². The predicted molar refractivity (Wildman–Crippen MR) is 95.5 cm³/mol. The minimum absolute atomic E-state index is 0.0496. The van der Waals surface area contributed by atoms with E-state index in [1.165, 1.54) is 26.5 Å². The maximum Gasteiger partial charge on any atom is 0.469 e. The van der Waals surface area contributed by atoms with Crippen molar-refractivity contribution in [3.63, 3.8) is 0 Å². The highest BCUT2D eigenvalue weighted by Crippen LogP contribution is 2.35. The van der Waals surface area contributed by atoms with Crippen molar-refractivity contribution in [2.24, 2.45) is 0 Å². The first kappa shape index (κ1) is 22.4. The van der Waals surface area contributed by atoms with Crippen LogP contribution < -0.4 is 0 Å². The molecular formula is C14H22N3O7PS. The van der Waals surface area contributed by atoms with Gasteiger partial charge < -0.3 is 24.5 Å². The monoisotopic (exact) mass is 407 g/mol. The summed E-state index contributed by atoms with van der Waals surface area (Å²) in [6.45, 7) is 6.83. The average molecular weight is 407 g/mol. The smallest absolute Gasteiger partial charge is 0.307 e. The van der Waals surface area contributed by atoms with Crippen molar-refractivity contribution in [2.45, 2.75) is 6.42 Å². The predicted octanol–water partition coefficient (Wildman–Crippen LogP) is -0.0371. The first-order valence-corrected chi connectivity index (χ1v) is 10.2. The van der Waals surface area contributed by atoms with Gasteiger partial charge in [-0.1, -0.05) is 13.2 Å². The van der Waals surface area contributed by atoms with Gasteiger partial charge in [0, 0.05) is 17.9 Å². The number of phosphoric ester groups is 1. The molecule has 3 amide bonds. The van der Waals surface area contributed by atoms with Gasteiger partial charge in [-0.3, -0.25) is 18.9 Å². The van der Waals surface area contributed by atoms with E-state index in [4.69, 9.17) is 9.79 Å². The van der Waals surface area contributed by atoms with Gasteiger partial charge in [-0.15, -0.1) is 0 Å². The highest BCUT2D eigenvalue weighted by molar-refractivity contribution is 7.99. The van der Waals surface area contributed by atoms with Gasteiger partial charge in [-0.25, -0.2) is 4.57 Å². The molecule has 0 aromatic carbocycles. The van der Waals surface area contributed by atoms with E-state index in [9.17, 15) is 18.9 Å². The number of thioether (sulfide) groups is 1. The quantitative estimate of drug-likeness (QED) is 0.310. The van der Waals surface area contributed by atoms with Gasteiger partial charge in [0.2, 0.25) is 17.7 Å². The molecule has 146 valence electrons. The summed E-state index contributed by atoms with van der Waals surface area (Å²) in [7, 11) is -4.47. The van der Waals surface area contributed by atoms with Crippen molar-refractivity contribution in [1.82, 2.24) is 14.7 Å². The summed E-state index contributed by atoms with van der Waals surface area (Å²) in [5.41, 5.74) is 0. The fourth-order valence-electron chi connectivity index (χ4n) is 2.08. The lowest BCUT2D eigenvalue weighted by molar-refractivity contribution is -0.154. The number of carbonyl (C=O) groups is 3. The molecule has 26 heavy (non-hydrogen) atoms. The summed E-state index contributed by atoms with van der Waals surface area (Å²) in [5, 5.41) is 0. The number of rotatable bonds is 9. The van der Waals surface area contributed by atoms with E-state index in [0.29, 0.717) is 11.5 Å². The molecule has 0 radical (unpaired) electrons. The topological polar surface area (TPSA) is 128 Å². The second kappa shape index (κ2) is 10.5. The van der Waals surface area contributed by atoms with Crippen molar-refractivity contribution in [1.29, 1.82) is 0 Å². The summed E-state index contributed by atoms with van der Waals surface area (Å²) in [5.74, 6) is -0.316. The van der Waals surface area contributed by atoms with Crippen molar-refractivity contribution in [3.05, 3.63) is 25.3 Å². The van der Waals surface area contributed by atoms with Crippen molar-refractivity contribution in [3.8, 4) is 0 Å². The lowest BCUT2D eigenvalue weighted by Gasteiger charge is -2.41. The van der Waals surface area contributed by atoms with Crippen molar-refractivity contribution in [2.75, 3.05) is 38.1 Å². The Morgan fingerprint density at radius 3 is 1.96 bits per heavy atom. The van der Waals surface area contributed by atoms with Gasteiger partial charge in [0.25, 0.3) is 0 Å². The molecule has 2 N–H and O–H groups in total. The summed E-state index contributed by atoms with van der Waals surface area (Å²) in [4.78, 5) is 57.1. The van der Waals surface area contributed by atoms with Crippen LogP contribution in [0.1, 0.15) is 6.42 Å². The Morgan fingerprint density at radius 1 is 1.00 bits per heavy atom. The lowest BCUT2D eigenvalue weighted by Crippen LogP contribution is -2.59. The number of carbonyl (C=O) groups excluding carboxylic acids is 3. The van der Waals surface area contributed by atoms with Crippen LogP contribution in [0.15, 0.2) is 25.3 Å². The standard InChI is InChI=1S/C14H22N3O7PS/c1-3-12(18)15-9-16(13(19)4-2)11-17(10-15)14(20)5-7-26-8-6-24-25(21,22)23/h3-4H,1-2,5-11H2,(H2,21,22,23). The maximum atomic E-state index is 12.3. The molecule has 10 nitrogen and oxygen atoms in total. The van der Waals surface area contributed by atoms with Gasteiger partial charge in [-0.05, 0) is 12.2 Å². The van der Waals surface area contributed by atoms with Crippen LogP contribution in [0, 0.1) is 0 Å². The molecule has 1 saturated heterocycles. The van der Waals surface area contributed by atoms with Crippen LogP contribution in [-0.2, 0) is 23.5 Å². The molecule has 1 rings (SSSR count). The zero-order chi connectivity index (χ0) is 19.7. The third kappa shape index (κ3) is 7.71. The second-order valence-electron chi connectivity index (χ2n) is 5.21. The van der Waals surface area contributed by atoms with Crippen LogP contribution >= 0.6 is 19.6 Å². The van der Waals surface area contributed by atoms with Gasteiger partial charge in [0.05, 0.1) is 26.6 Å². The van der Waals surface area contributed by atoms with Gasteiger partial charge in [0.1, 0.15) is 0 Å². The van der Waals surface area contributed by atoms with E-state index in [1.54, 1.807) is 0 Å². The van der Waals surface area contributed by atoms with Crippen LogP contribution in [0.3, 0.4) is 0 Å². The first-order chi connectivity index (χ1) is 12.2. The van der Waals surface area contributed by atoms with E-state index >= 15 is 0 Å². The highest BCUT2D eigenvalue weighted by Gasteiger charge is 2.29. The third-order valence-electron chi connectivity index (χ3n) is 3.30. The zero-order valence-electron chi connectivity index (χ0n) is 14.2. The molecule has 1 heterocycles. The SMILES string of the molecule is C=CC(=O)N1CN(C(=O)C=C)CN(C(=O)CCSCCOP(=O)(O)O)C1.